The summed E-state index contributed by atoms with van der Waals surface area (Å²) in [4.78, 5) is 4.74. The Bertz CT molecular complexity index is 1410. The van der Waals surface area contributed by atoms with E-state index >= 15 is 0 Å². The zero-order valence-corrected chi connectivity index (χ0v) is 20.4. The Hall–Kier alpha value is -3.83. The van der Waals surface area contributed by atoms with Crippen molar-refractivity contribution in [3.05, 3.63) is 102 Å². The first-order valence-corrected chi connectivity index (χ1v) is 12.2. The zero-order valence-electron chi connectivity index (χ0n) is 20.4. The molecule has 1 unspecified atom stereocenters. The second kappa shape index (κ2) is 10.6. The molecule has 0 radical (unpaired) electrons. The quantitative estimate of drug-likeness (QED) is 0.263. The third-order valence-electron chi connectivity index (χ3n) is 6.40. The van der Waals surface area contributed by atoms with E-state index in [1.807, 2.05) is 30.3 Å². The SMILES string of the molecule is COc1cc(NCC(C)CNCc2cn(Cc3ccccc3)c3ccccc23)nc2ccccc12. The third kappa shape index (κ3) is 5.31. The first-order chi connectivity index (χ1) is 17.2. The van der Waals surface area contributed by atoms with Gasteiger partial charge in [-0.05, 0) is 41.8 Å². The monoisotopic (exact) mass is 464 g/mol. The van der Waals surface area contributed by atoms with Gasteiger partial charge in [0.1, 0.15) is 11.6 Å². The molecule has 5 aromatic rings. The lowest BCUT2D eigenvalue weighted by Crippen LogP contribution is -2.25. The van der Waals surface area contributed by atoms with E-state index in [9.17, 15) is 0 Å². The van der Waals surface area contributed by atoms with Crippen molar-refractivity contribution in [2.75, 3.05) is 25.5 Å². The van der Waals surface area contributed by atoms with Crippen LogP contribution in [-0.2, 0) is 13.1 Å². The number of benzene rings is 3. The standard InChI is InChI=1S/C30H32N4O/c1-22(18-32-30-16-29(35-2)26-13-6-8-14-27(26)33-30)17-31-19-24-21-34(20-23-10-4-3-5-11-23)28-15-9-7-12-25(24)28/h3-16,21-22,31H,17-20H2,1-2H3,(H,32,33). The van der Waals surface area contributed by atoms with Crippen LogP contribution in [0.1, 0.15) is 18.1 Å². The van der Waals surface area contributed by atoms with Gasteiger partial charge in [0.2, 0.25) is 0 Å². The number of nitrogens with zero attached hydrogens (tertiary/aromatic N) is 2. The van der Waals surface area contributed by atoms with Crippen molar-refractivity contribution < 1.29 is 4.74 Å². The molecule has 35 heavy (non-hydrogen) atoms. The number of nitrogens with one attached hydrogen (secondary N) is 2. The van der Waals surface area contributed by atoms with Crippen LogP contribution in [0.15, 0.2) is 91.1 Å². The van der Waals surface area contributed by atoms with Crippen molar-refractivity contribution >= 4 is 27.6 Å². The number of pyridine rings is 1. The van der Waals surface area contributed by atoms with Gasteiger partial charge in [0.25, 0.3) is 0 Å². The number of anilines is 1. The molecule has 5 nitrogen and oxygen atoms in total. The Labute approximate surface area is 206 Å². The number of aromatic nitrogens is 2. The van der Waals surface area contributed by atoms with E-state index in [-0.39, 0.29) is 0 Å². The number of hydrogen-bond donors (Lipinski definition) is 2. The summed E-state index contributed by atoms with van der Waals surface area (Å²) in [5.74, 6) is 2.12. The van der Waals surface area contributed by atoms with Gasteiger partial charge in [-0.3, -0.25) is 0 Å². The average molecular weight is 465 g/mol. The maximum absolute atomic E-state index is 5.57. The Kier molecular flexibility index (Phi) is 6.96. The van der Waals surface area contributed by atoms with Gasteiger partial charge in [-0.2, -0.15) is 0 Å². The summed E-state index contributed by atoms with van der Waals surface area (Å²) in [6, 6.07) is 29.3. The molecule has 0 aliphatic heterocycles. The number of methoxy groups -OCH3 is 1. The molecule has 2 aromatic heterocycles. The molecule has 2 N–H and O–H groups in total. The molecule has 0 saturated carbocycles. The molecule has 1 atom stereocenters. The number of ether oxygens (including phenoxy) is 1. The van der Waals surface area contributed by atoms with Gasteiger partial charge >= 0.3 is 0 Å². The molecular weight excluding hydrogens is 432 g/mol. The summed E-state index contributed by atoms with van der Waals surface area (Å²) in [5.41, 5.74) is 4.86. The van der Waals surface area contributed by atoms with Crippen LogP contribution in [0.5, 0.6) is 5.75 Å². The minimum Gasteiger partial charge on any atom is -0.496 e. The maximum atomic E-state index is 5.57. The lowest BCUT2D eigenvalue weighted by atomic mass is 10.1. The minimum absolute atomic E-state index is 0.437. The number of rotatable bonds is 10. The van der Waals surface area contributed by atoms with Gasteiger partial charge in [-0.25, -0.2) is 4.98 Å². The Morgan fingerprint density at radius 2 is 1.63 bits per heavy atom. The highest BCUT2D eigenvalue weighted by molar-refractivity contribution is 5.87. The molecule has 0 fully saturated rings. The predicted molar refractivity (Wildman–Crippen MR) is 145 cm³/mol. The van der Waals surface area contributed by atoms with Crippen molar-refractivity contribution in [1.82, 2.24) is 14.9 Å². The highest BCUT2D eigenvalue weighted by Crippen LogP contribution is 2.27. The molecule has 5 heteroatoms. The second-order valence-corrected chi connectivity index (χ2v) is 9.13. The van der Waals surface area contributed by atoms with Crippen LogP contribution < -0.4 is 15.4 Å². The molecule has 0 spiro atoms. The smallest absolute Gasteiger partial charge is 0.131 e. The topological polar surface area (TPSA) is 51.1 Å². The van der Waals surface area contributed by atoms with E-state index in [4.69, 9.17) is 9.72 Å². The van der Waals surface area contributed by atoms with Gasteiger partial charge in [-0.1, -0.05) is 67.6 Å². The highest BCUT2D eigenvalue weighted by Gasteiger charge is 2.10. The van der Waals surface area contributed by atoms with E-state index in [2.05, 4.69) is 82.9 Å². The molecule has 178 valence electrons. The second-order valence-electron chi connectivity index (χ2n) is 9.13. The summed E-state index contributed by atoms with van der Waals surface area (Å²) in [6.45, 7) is 5.71. The first-order valence-electron chi connectivity index (χ1n) is 12.2. The van der Waals surface area contributed by atoms with E-state index in [1.165, 1.54) is 22.0 Å². The Morgan fingerprint density at radius 3 is 2.46 bits per heavy atom. The summed E-state index contributed by atoms with van der Waals surface area (Å²) in [7, 11) is 1.70. The van der Waals surface area contributed by atoms with Crippen molar-refractivity contribution in [3.63, 3.8) is 0 Å². The lowest BCUT2D eigenvalue weighted by Gasteiger charge is -2.15. The van der Waals surface area contributed by atoms with Gasteiger partial charge in [0.15, 0.2) is 0 Å². The largest absolute Gasteiger partial charge is 0.496 e. The molecule has 0 amide bonds. The van der Waals surface area contributed by atoms with Crippen LogP contribution in [0.4, 0.5) is 5.82 Å². The highest BCUT2D eigenvalue weighted by atomic mass is 16.5. The summed E-state index contributed by atoms with van der Waals surface area (Å²) in [5, 5.41) is 9.49. The van der Waals surface area contributed by atoms with Crippen LogP contribution in [-0.4, -0.2) is 29.8 Å². The van der Waals surface area contributed by atoms with E-state index in [0.717, 1.165) is 48.6 Å². The van der Waals surface area contributed by atoms with Crippen LogP contribution >= 0.6 is 0 Å². The predicted octanol–water partition coefficient (Wildman–Crippen LogP) is 6.08. The Balaban J connectivity index is 1.19. The number of fused-ring (bicyclic) bond motifs is 2. The van der Waals surface area contributed by atoms with Crippen LogP contribution in [0, 0.1) is 5.92 Å². The molecule has 0 bridgehead atoms. The van der Waals surface area contributed by atoms with Crippen molar-refractivity contribution in [2.45, 2.75) is 20.0 Å². The van der Waals surface area contributed by atoms with Crippen LogP contribution in [0.25, 0.3) is 21.8 Å². The molecule has 0 aliphatic rings. The van der Waals surface area contributed by atoms with Gasteiger partial charge in [0.05, 0.1) is 12.6 Å². The van der Waals surface area contributed by atoms with E-state index in [0.29, 0.717) is 5.92 Å². The van der Waals surface area contributed by atoms with Crippen molar-refractivity contribution in [2.24, 2.45) is 5.92 Å². The van der Waals surface area contributed by atoms with Crippen molar-refractivity contribution in [3.8, 4) is 5.75 Å². The molecule has 2 heterocycles. The van der Waals surface area contributed by atoms with Gasteiger partial charge in [-0.15, -0.1) is 0 Å². The lowest BCUT2D eigenvalue weighted by molar-refractivity contribution is 0.419. The summed E-state index contributed by atoms with van der Waals surface area (Å²) in [6.07, 6.45) is 2.29. The summed E-state index contributed by atoms with van der Waals surface area (Å²) >= 11 is 0. The fraction of sp³-hybridized carbons (Fsp3) is 0.233. The first kappa shape index (κ1) is 22.9. The normalized spacial score (nSPS) is 12.2. The number of para-hydroxylation sites is 2. The fourth-order valence-corrected chi connectivity index (χ4v) is 4.58. The zero-order chi connectivity index (χ0) is 24.0. The van der Waals surface area contributed by atoms with Gasteiger partial charge < -0.3 is 19.9 Å². The third-order valence-corrected chi connectivity index (χ3v) is 6.40. The van der Waals surface area contributed by atoms with Gasteiger partial charge in [0, 0.05) is 48.2 Å². The Morgan fingerprint density at radius 1 is 0.886 bits per heavy atom. The van der Waals surface area contributed by atoms with Crippen LogP contribution in [0.3, 0.4) is 0 Å². The molecular formula is C30H32N4O. The van der Waals surface area contributed by atoms with E-state index < -0.39 is 0 Å². The molecule has 3 aromatic carbocycles. The summed E-state index contributed by atoms with van der Waals surface area (Å²) < 4.78 is 7.92. The molecule has 0 saturated heterocycles. The fourth-order valence-electron chi connectivity index (χ4n) is 4.58. The minimum atomic E-state index is 0.437. The number of hydrogen-bond acceptors (Lipinski definition) is 4. The average Bonchev–Trinajstić information content (AvgIpc) is 3.24. The van der Waals surface area contributed by atoms with Crippen LogP contribution in [0.2, 0.25) is 0 Å². The molecule has 0 aliphatic carbocycles. The maximum Gasteiger partial charge on any atom is 0.131 e. The van der Waals surface area contributed by atoms with Crippen molar-refractivity contribution in [1.29, 1.82) is 0 Å². The van der Waals surface area contributed by atoms with E-state index in [1.54, 1.807) is 7.11 Å². The molecule has 5 rings (SSSR count).